The molecule has 1 aromatic heterocycles. The molecule has 0 spiro atoms. The van der Waals surface area contributed by atoms with Crippen LogP contribution >= 0.6 is 0 Å². The number of carbonyl (C=O) groups excluding carboxylic acids is 1. The quantitative estimate of drug-likeness (QED) is 0.757. The molecule has 0 fully saturated rings. The van der Waals surface area contributed by atoms with Crippen LogP contribution in [0.3, 0.4) is 0 Å². The Balaban J connectivity index is 2.32. The summed E-state index contributed by atoms with van der Waals surface area (Å²) in [7, 11) is 2.98. The SMILES string of the molecule is COc1cc2ncn(CC(=O)N[C@H](CO)C(C)C)c(=O)c2cc1OC. The van der Waals surface area contributed by atoms with Crippen LogP contribution in [-0.2, 0) is 11.3 Å². The van der Waals surface area contributed by atoms with Gasteiger partial charge < -0.3 is 19.9 Å². The summed E-state index contributed by atoms with van der Waals surface area (Å²) in [5, 5.41) is 12.3. The van der Waals surface area contributed by atoms with Crippen LogP contribution in [0.5, 0.6) is 11.5 Å². The second-order valence-corrected chi connectivity index (χ2v) is 6.00. The molecule has 0 unspecified atom stereocenters. The van der Waals surface area contributed by atoms with Crippen LogP contribution in [0.1, 0.15) is 13.8 Å². The van der Waals surface area contributed by atoms with Gasteiger partial charge in [-0.05, 0) is 12.0 Å². The zero-order valence-corrected chi connectivity index (χ0v) is 14.8. The van der Waals surface area contributed by atoms with E-state index in [4.69, 9.17) is 9.47 Å². The normalized spacial score (nSPS) is 12.2. The fraction of sp³-hybridized carbons (Fsp3) is 0.471. The van der Waals surface area contributed by atoms with Crippen LogP contribution in [0.2, 0.25) is 0 Å². The molecule has 136 valence electrons. The summed E-state index contributed by atoms with van der Waals surface area (Å²) in [5.41, 5.74) is 0.0981. The number of nitrogens with one attached hydrogen (secondary N) is 1. The third kappa shape index (κ3) is 4.08. The van der Waals surface area contributed by atoms with Crippen LogP contribution in [0.15, 0.2) is 23.3 Å². The zero-order chi connectivity index (χ0) is 18.6. The number of hydrogen-bond donors (Lipinski definition) is 2. The number of hydrogen-bond acceptors (Lipinski definition) is 6. The molecule has 0 aliphatic carbocycles. The monoisotopic (exact) mass is 349 g/mol. The van der Waals surface area contributed by atoms with Gasteiger partial charge in [0.2, 0.25) is 5.91 Å². The van der Waals surface area contributed by atoms with E-state index in [2.05, 4.69) is 10.3 Å². The van der Waals surface area contributed by atoms with Crippen molar-refractivity contribution in [3.8, 4) is 11.5 Å². The number of nitrogens with zero attached hydrogens (tertiary/aromatic N) is 2. The summed E-state index contributed by atoms with van der Waals surface area (Å²) in [6, 6.07) is 2.80. The molecule has 1 amide bonds. The standard InChI is InChI=1S/C17H23N3O5/c1-10(2)13(8-21)19-16(22)7-20-9-18-12-6-15(25-4)14(24-3)5-11(12)17(20)23/h5-6,9-10,13,21H,7-8H2,1-4H3,(H,19,22)/t13-/m1/s1. The minimum absolute atomic E-state index is 0.0807. The Morgan fingerprint density at radius 1 is 1.28 bits per heavy atom. The fourth-order valence-electron chi connectivity index (χ4n) is 2.43. The van der Waals surface area contributed by atoms with Crippen molar-refractivity contribution in [2.45, 2.75) is 26.4 Å². The number of aliphatic hydroxyl groups excluding tert-OH is 1. The van der Waals surface area contributed by atoms with Gasteiger partial charge in [0.1, 0.15) is 6.54 Å². The number of benzene rings is 1. The van der Waals surface area contributed by atoms with Crippen LogP contribution in [-0.4, -0.2) is 47.4 Å². The molecular weight excluding hydrogens is 326 g/mol. The summed E-state index contributed by atoms with van der Waals surface area (Å²) in [6.45, 7) is 3.44. The lowest BCUT2D eigenvalue weighted by Crippen LogP contribution is -2.43. The average molecular weight is 349 g/mol. The molecule has 1 heterocycles. The third-order valence-corrected chi connectivity index (χ3v) is 3.99. The first-order chi connectivity index (χ1) is 11.9. The molecule has 8 heteroatoms. The van der Waals surface area contributed by atoms with E-state index in [0.29, 0.717) is 22.4 Å². The van der Waals surface area contributed by atoms with Gasteiger partial charge in [-0.15, -0.1) is 0 Å². The van der Waals surface area contributed by atoms with E-state index in [1.165, 1.54) is 25.1 Å². The highest BCUT2D eigenvalue weighted by Crippen LogP contribution is 2.29. The maximum Gasteiger partial charge on any atom is 0.261 e. The second-order valence-electron chi connectivity index (χ2n) is 6.00. The highest BCUT2D eigenvalue weighted by molar-refractivity contribution is 5.82. The van der Waals surface area contributed by atoms with Crippen LogP contribution in [0.4, 0.5) is 0 Å². The van der Waals surface area contributed by atoms with E-state index in [-0.39, 0.29) is 36.6 Å². The molecule has 2 N–H and O–H groups in total. The van der Waals surface area contributed by atoms with Crippen molar-refractivity contribution in [1.82, 2.24) is 14.9 Å². The Hall–Kier alpha value is -2.61. The number of amides is 1. The summed E-state index contributed by atoms with van der Waals surface area (Å²) >= 11 is 0. The van der Waals surface area contributed by atoms with E-state index in [1.807, 2.05) is 13.8 Å². The molecule has 1 atom stereocenters. The summed E-state index contributed by atoms with van der Waals surface area (Å²) in [4.78, 5) is 29.0. The first-order valence-electron chi connectivity index (χ1n) is 7.92. The molecule has 0 saturated heterocycles. The topological polar surface area (TPSA) is 103 Å². The zero-order valence-electron chi connectivity index (χ0n) is 14.8. The Labute approximate surface area is 145 Å². The van der Waals surface area contributed by atoms with Crippen molar-refractivity contribution in [2.75, 3.05) is 20.8 Å². The van der Waals surface area contributed by atoms with Crippen molar-refractivity contribution < 1.29 is 19.4 Å². The number of ether oxygens (including phenoxy) is 2. The van der Waals surface area contributed by atoms with Gasteiger partial charge in [0, 0.05) is 6.07 Å². The van der Waals surface area contributed by atoms with E-state index in [0.717, 1.165) is 0 Å². The Morgan fingerprint density at radius 3 is 2.48 bits per heavy atom. The Kier molecular flexibility index (Phi) is 5.97. The first-order valence-corrected chi connectivity index (χ1v) is 7.92. The highest BCUT2D eigenvalue weighted by atomic mass is 16.5. The van der Waals surface area contributed by atoms with Crippen LogP contribution in [0.25, 0.3) is 10.9 Å². The first kappa shape index (κ1) is 18.7. The van der Waals surface area contributed by atoms with Crippen molar-refractivity contribution in [3.05, 3.63) is 28.8 Å². The van der Waals surface area contributed by atoms with Gasteiger partial charge in [0.05, 0.1) is 44.1 Å². The highest BCUT2D eigenvalue weighted by Gasteiger charge is 2.17. The predicted octanol–water partition coefficient (Wildman–Crippen LogP) is 0.547. The van der Waals surface area contributed by atoms with Gasteiger partial charge in [0.25, 0.3) is 5.56 Å². The fourth-order valence-corrected chi connectivity index (χ4v) is 2.43. The Bertz CT molecular complexity index is 816. The van der Waals surface area contributed by atoms with Gasteiger partial charge in [0.15, 0.2) is 11.5 Å². The molecule has 25 heavy (non-hydrogen) atoms. The molecule has 0 radical (unpaired) electrons. The molecule has 0 saturated carbocycles. The van der Waals surface area contributed by atoms with Gasteiger partial charge >= 0.3 is 0 Å². The van der Waals surface area contributed by atoms with Crippen molar-refractivity contribution in [3.63, 3.8) is 0 Å². The molecule has 0 bridgehead atoms. The van der Waals surface area contributed by atoms with Crippen LogP contribution in [0, 0.1) is 5.92 Å². The minimum Gasteiger partial charge on any atom is -0.493 e. The lowest BCUT2D eigenvalue weighted by Gasteiger charge is -2.20. The van der Waals surface area contributed by atoms with E-state index in [9.17, 15) is 14.7 Å². The van der Waals surface area contributed by atoms with Gasteiger partial charge in [-0.1, -0.05) is 13.8 Å². The molecule has 8 nitrogen and oxygen atoms in total. The lowest BCUT2D eigenvalue weighted by atomic mass is 10.1. The largest absolute Gasteiger partial charge is 0.493 e. The number of rotatable bonds is 7. The number of aromatic nitrogens is 2. The lowest BCUT2D eigenvalue weighted by molar-refractivity contribution is -0.123. The number of aliphatic hydroxyl groups is 1. The van der Waals surface area contributed by atoms with Crippen molar-refractivity contribution in [1.29, 1.82) is 0 Å². The number of methoxy groups -OCH3 is 2. The smallest absolute Gasteiger partial charge is 0.261 e. The summed E-state index contributed by atoms with van der Waals surface area (Å²) in [6.07, 6.45) is 1.32. The third-order valence-electron chi connectivity index (χ3n) is 3.99. The van der Waals surface area contributed by atoms with Gasteiger partial charge in [-0.3, -0.25) is 14.2 Å². The van der Waals surface area contributed by atoms with E-state index in [1.54, 1.807) is 12.1 Å². The molecular formula is C17H23N3O5. The Morgan fingerprint density at radius 2 is 1.92 bits per heavy atom. The van der Waals surface area contributed by atoms with Gasteiger partial charge in [-0.2, -0.15) is 0 Å². The number of carbonyl (C=O) groups is 1. The minimum atomic E-state index is -0.364. The molecule has 0 aliphatic rings. The maximum atomic E-state index is 12.6. The molecule has 2 aromatic rings. The predicted molar refractivity (Wildman–Crippen MR) is 93.0 cm³/mol. The maximum absolute atomic E-state index is 12.6. The van der Waals surface area contributed by atoms with Gasteiger partial charge in [-0.25, -0.2) is 4.98 Å². The molecule has 2 rings (SSSR count). The molecule has 1 aromatic carbocycles. The molecule has 0 aliphatic heterocycles. The van der Waals surface area contributed by atoms with Crippen molar-refractivity contribution in [2.24, 2.45) is 5.92 Å². The average Bonchev–Trinajstić information content (AvgIpc) is 2.60. The van der Waals surface area contributed by atoms with E-state index < -0.39 is 0 Å². The van der Waals surface area contributed by atoms with E-state index >= 15 is 0 Å². The van der Waals surface area contributed by atoms with Crippen LogP contribution < -0.4 is 20.3 Å². The van der Waals surface area contributed by atoms with Crippen molar-refractivity contribution >= 4 is 16.8 Å². The number of fused-ring (bicyclic) bond motifs is 1. The summed E-state index contributed by atoms with van der Waals surface area (Å²) < 4.78 is 11.6. The summed E-state index contributed by atoms with van der Waals surface area (Å²) in [5.74, 6) is 0.602. The second kappa shape index (κ2) is 7.98.